The third-order valence-electron chi connectivity index (χ3n) is 3.54. The highest BCUT2D eigenvalue weighted by atomic mass is 16.5. The molecule has 1 heterocycles. The lowest BCUT2D eigenvalue weighted by atomic mass is 10.1. The number of para-hydroxylation sites is 1. The summed E-state index contributed by atoms with van der Waals surface area (Å²) in [7, 11) is 0. The Morgan fingerprint density at radius 3 is 2.80 bits per heavy atom. The summed E-state index contributed by atoms with van der Waals surface area (Å²) in [6.45, 7) is 11.0. The van der Waals surface area contributed by atoms with Crippen LogP contribution in [0.15, 0.2) is 18.2 Å². The molecule has 2 rings (SSSR count). The van der Waals surface area contributed by atoms with Crippen molar-refractivity contribution in [2.75, 3.05) is 13.2 Å². The molecule has 1 aliphatic heterocycles. The monoisotopic (exact) mass is 277 g/mol. The Morgan fingerprint density at radius 1 is 1.35 bits per heavy atom. The molecule has 0 bridgehead atoms. The van der Waals surface area contributed by atoms with Crippen molar-refractivity contribution < 1.29 is 9.47 Å². The number of hydrogen-bond donors (Lipinski definition) is 1. The molecule has 1 aromatic carbocycles. The lowest BCUT2D eigenvalue weighted by molar-refractivity contribution is 0.0673. The zero-order chi connectivity index (χ0) is 14.6. The third kappa shape index (κ3) is 4.50. The Kier molecular flexibility index (Phi) is 5.06. The van der Waals surface area contributed by atoms with Crippen LogP contribution in [0.1, 0.15) is 44.7 Å². The molecule has 3 nitrogen and oxygen atoms in total. The third-order valence-corrected chi connectivity index (χ3v) is 3.54. The van der Waals surface area contributed by atoms with Crippen molar-refractivity contribution in [1.29, 1.82) is 0 Å². The van der Waals surface area contributed by atoms with Crippen LogP contribution in [0.5, 0.6) is 5.75 Å². The summed E-state index contributed by atoms with van der Waals surface area (Å²) >= 11 is 0. The fourth-order valence-electron chi connectivity index (χ4n) is 2.37. The topological polar surface area (TPSA) is 30.5 Å². The Labute approximate surface area is 122 Å². The first kappa shape index (κ1) is 15.3. The maximum absolute atomic E-state index is 6.05. The quantitative estimate of drug-likeness (QED) is 0.894. The van der Waals surface area contributed by atoms with E-state index in [4.69, 9.17) is 9.47 Å². The fraction of sp³-hybridized carbons (Fsp3) is 0.647. The number of ether oxygens (including phenoxy) is 2. The minimum atomic E-state index is 0.107. The molecule has 0 spiro atoms. The van der Waals surface area contributed by atoms with Crippen LogP contribution in [0, 0.1) is 6.92 Å². The van der Waals surface area contributed by atoms with Crippen LogP contribution in [0.4, 0.5) is 0 Å². The summed E-state index contributed by atoms with van der Waals surface area (Å²) in [5.74, 6) is 1.01. The van der Waals surface area contributed by atoms with Crippen molar-refractivity contribution >= 4 is 0 Å². The molecular formula is C17H27NO2. The van der Waals surface area contributed by atoms with Gasteiger partial charge in [-0.15, -0.1) is 0 Å². The first-order valence-electron chi connectivity index (χ1n) is 7.53. The molecule has 0 saturated carbocycles. The van der Waals surface area contributed by atoms with E-state index < -0.39 is 0 Å². The average Bonchev–Trinajstić information content (AvgIpc) is 2.87. The number of aryl methyl sites for hydroxylation is 1. The molecule has 112 valence electrons. The second-order valence-electron chi connectivity index (χ2n) is 6.61. The van der Waals surface area contributed by atoms with Crippen LogP contribution >= 0.6 is 0 Å². The first-order chi connectivity index (χ1) is 9.46. The van der Waals surface area contributed by atoms with Gasteiger partial charge in [0.25, 0.3) is 0 Å². The molecule has 1 N–H and O–H groups in total. The number of nitrogens with one attached hydrogen (secondary N) is 1. The molecule has 3 heteroatoms. The van der Waals surface area contributed by atoms with Crippen molar-refractivity contribution in [3.63, 3.8) is 0 Å². The summed E-state index contributed by atoms with van der Waals surface area (Å²) in [5.41, 5.74) is 2.52. The summed E-state index contributed by atoms with van der Waals surface area (Å²) in [5, 5.41) is 3.52. The maximum atomic E-state index is 6.05. The van der Waals surface area contributed by atoms with Gasteiger partial charge in [-0.1, -0.05) is 18.2 Å². The van der Waals surface area contributed by atoms with Gasteiger partial charge in [-0.25, -0.2) is 0 Å². The normalized spacial score (nSPS) is 19.3. The molecule has 0 radical (unpaired) electrons. The van der Waals surface area contributed by atoms with Crippen LogP contribution in [0.25, 0.3) is 0 Å². The van der Waals surface area contributed by atoms with Crippen LogP contribution in [-0.2, 0) is 11.3 Å². The highest BCUT2D eigenvalue weighted by Gasteiger charge is 2.18. The predicted molar refractivity (Wildman–Crippen MR) is 82.2 cm³/mol. The van der Waals surface area contributed by atoms with Crippen molar-refractivity contribution in [3.05, 3.63) is 29.3 Å². The lowest BCUT2D eigenvalue weighted by Gasteiger charge is -2.23. The van der Waals surface area contributed by atoms with Crippen LogP contribution in [0.2, 0.25) is 0 Å². The first-order valence-corrected chi connectivity index (χ1v) is 7.53. The van der Waals surface area contributed by atoms with E-state index >= 15 is 0 Å². The highest BCUT2D eigenvalue weighted by molar-refractivity contribution is 5.40. The van der Waals surface area contributed by atoms with Gasteiger partial charge in [0.15, 0.2) is 0 Å². The molecule has 1 saturated heterocycles. The smallest absolute Gasteiger partial charge is 0.126 e. The van der Waals surface area contributed by atoms with Gasteiger partial charge in [-0.05, 0) is 46.1 Å². The van der Waals surface area contributed by atoms with E-state index in [1.165, 1.54) is 11.1 Å². The molecule has 1 fully saturated rings. The molecule has 0 aromatic heterocycles. The zero-order valence-corrected chi connectivity index (χ0v) is 13.2. The van der Waals surface area contributed by atoms with Gasteiger partial charge in [0.1, 0.15) is 12.4 Å². The minimum absolute atomic E-state index is 0.107. The van der Waals surface area contributed by atoms with E-state index in [-0.39, 0.29) is 11.6 Å². The summed E-state index contributed by atoms with van der Waals surface area (Å²) in [6.07, 6.45) is 2.53. The number of benzene rings is 1. The molecule has 1 aromatic rings. The molecule has 0 amide bonds. The van der Waals surface area contributed by atoms with Gasteiger partial charge < -0.3 is 14.8 Å². The van der Waals surface area contributed by atoms with Gasteiger partial charge in [-0.3, -0.25) is 0 Å². The molecule has 0 aliphatic carbocycles. The van der Waals surface area contributed by atoms with E-state index in [9.17, 15) is 0 Å². The molecule has 20 heavy (non-hydrogen) atoms. The van der Waals surface area contributed by atoms with Gasteiger partial charge in [-0.2, -0.15) is 0 Å². The minimum Gasteiger partial charge on any atom is -0.490 e. The van der Waals surface area contributed by atoms with E-state index in [1.54, 1.807) is 0 Å². The van der Waals surface area contributed by atoms with E-state index in [2.05, 4.69) is 51.2 Å². The second kappa shape index (κ2) is 6.59. The summed E-state index contributed by atoms with van der Waals surface area (Å²) < 4.78 is 11.7. The number of hydrogen-bond acceptors (Lipinski definition) is 3. The zero-order valence-electron chi connectivity index (χ0n) is 13.2. The lowest BCUT2D eigenvalue weighted by Crippen LogP contribution is -2.35. The highest BCUT2D eigenvalue weighted by Crippen LogP contribution is 2.25. The predicted octanol–water partition coefficient (Wildman–Crippen LogP) is 3.44. The second-order valence-corrected chi connectivity index (χ2v) is 6.61. The van der Waals surface area contributed by atoms with Crippen LogP contribution in [0.3, 0.4) is 0 Å². The van der Waals surface area contributed by atoms with Crippen LogP contribution < -0.4 is 10.1 Å². The fourth-order valence-corrected chi connectivity index (χ4v) is 2.37. The number of rotatable bonds is 5. The Balaban J connectivity index is 2.01. The Bertz CT molecular complexity index is 431. The molecule has 1 atom stereocenters. The molecule has 1 aliphatic rings. The van der Waals surface area contributed by atoms with Gasteiger partial charge in [0, 0.05) is 24.3 Å². The summed E-state index contributed by atoms with van der Waals surface area (Å²) in [4.78, 5) is 0. The van der Waals surface area contributed by atoms with Crippen molar-refractivity contribution in [2.24, 2.45) is 0 Å². The summed E-state index contributed by atoms with van der Waals surface area (Å²) in [6, 6.07) is 6.33. The van der Waals surface area contributed by atoms with E-state index in [0.29, 0.717) is 6.61 Å². The maximum Gasteiger partial charge on any atom is 0.126 e. The molecule has 1 unspecified atom stereocenters. The average molecular weight is 277 g/mol. The van der Waals surface area contributed by atoms with Gasteiger partial charge in [0.2, 0.25) is 0 Å². The Hall–Kier alpha value is -1.06. The van der Waals surface area contributed by atoms with Crippen molar-refractivity contribution in [3.8, 4) is 5.75 Å². The van der Waals surface area contributed by atoms with E-state index in [0.717, 1.165) is 31.7 Å². The van der Waals surface area contributed by atoms with E-state index in [1.807, 2.05) is 0 Å². The standard InChI is InChI=1S/C17H27NO2/c1-13-7-5-8-14(11-18-17(2,3)4)16(13)20-12-15-9-6-10-19-15/h5,7-8,15,18H,6,9-12H2,1-4H3. The van der Waals surface area contributed by atoms with Crippen molar-refractivity contribution in [2.45, 2.75) is 58.7 Å². The van der Waals surface area contributed by atoms with Gasteiger partial charge >= 0.3 is 0 Å². The van der Waals surface area contributed by atoms with Crippen LogP contribution in [-0.4, -0.2) is 24.9 Å². The Morgan fingerprint density at radius 2 is 2.15 bits per heavy atom. The van der Waals surface area contributed by atoms with Gasteiger partial charge in [0.05, 0.1) is 6.10 Å². The largest absolute Gasteiger partial charge is 0.490 e. The van der Waals surface area contributed by atoms with Crippen molar-refractivity contribution in [1.82, 2.24) is 5.32 Å². The molecular weight excluding hydrogens is 250 g/mol. The SMILES string of the molecule is Cc1cccc(CNC(C)(C)C)c1OCC1CCCO1.